The fraction of sp³-hybridized carbons (Fsp3) is 0.727. The van der Waals surface area contributed by atoms with Crippen molar-refractivity contribution in [2.24, 2.45) is 0 Å². The van der Waals surface area contributed by atoms with Crippen molar-refractivity contribution in [2.45, 2.75) is 24.9 Å². The third-order valence-electron chi connectivity index (χ3n) is 3.32. The molecule has 2 saturated heterocycles. The number of nitrogens with zero attached hydrogens (tertiary/aromatic N) is 1. The highest BCUT2D eigenvalue weighted by Crippen LogP contribution is 2.19. The summed E-state index contributed by atoms with van der Waals surface area (Å²) in [6.07, 6.45) is 1.43. The molecule has 100 valence electrons. The number of esters is 1. The molecular formula is C11H17N3O4. The molecule has 2 aliphatic rings. The van der Waals surface area contributed by atoms with Crippen molar-refractivity contribution in [3.63, 3.8) is 0 Å². The summed E-state index contributed by atoms with van der Waals surface area (Å²) in [5.74, 6) is -0.645. The topological polar surface area (TPSA) is 87.7 Å². The van der Waals surface area contributed by atoms with Crippen LogP contribution in [0.25, 0.3) is 0 Å². The summed E-state index contributed by atoms with van der Waals surface area (Å²) in [6.45, 7) is 0.958. The predicted molar refractivity (Wildman–Crippen MR) is 61.6 cm³/mol. The maximum Gasteiger partial charge on any atom is 0.328 e. The Hall–Kier alpha value is -1.63. The van der Waals surface area contributed by atoms with Crippen molar-refractivity contribution >= 4 is 17.8 Å². The summed E-state index contributed by atoms with van der Waals surface area (Å²) in [5, 5.41) is 5.50. The molecule has 2 heterocycles. The first-order chi connectivity index (χ1) is 8.63. The van der Waals surface area contributed by atoms with Crippen LogP contribution in [0.4, 0.5) is 0 Å². The molecule has 0 radical (unpaired) electrons. The molecule has 2 N–H and O–H groups in total. The number of ether oxygens (including phenoxy) is 1. The zero-order valence-corrected chi connectivity index (χ0v) is 10.3. The van der Waals surface area contributed by atoms with E-state index in [1.807, 2.05) is 0 Å². The molecule has 0 saturated carbocycles. The largest absolute Gasteiger partial charge is 0.467 e. The summed E-state index contributed by atoms with van der Waals surface area (Å²) in [4.78, 5) is 36.3. The molecule has 2 amide bonds. The Bertz CT molecular complexity index is 361. The lowest BCUT2D eigenvalue weighted by Crippen LogP contribution is -2.59. The monoisotopic (exact) mass is 255 g/mol. The third kappa shape index (κ3) is 2.45. The summed E-state index contributed by atoms with van der Waals surface area (Å²) < 4.78 is 4.70. The zero-order chi connectivity index (χ0) is 13.1. The molecular weight excluding hydrogens is 238 g/mol. The highest BCUT2D eigenvalue weighted by Gasteiger charge is 2.38. The SMILES string of the molecule is COC(=O)C1CCCN1C(=O)C1CNC(=O)CN1. The van der Waals surface area contributed by atoms with Crippen LogP contribution in [0.5, 0.6) is 0 Å². The van der Waals surface area contributed by atoms with Crippen LogP contribution in [-0.4, -0.2) is 61.5 Å². The number of rotatable bonds is 2. The van der Waals surface area contributed by atoms with Crippen molar-refractivity contribution in [1.82, 2.24) is 15.5 Å². The summed E-state index contributed by atoms with van der Waals surface area (Å²) in [6, 6.07) is -0.935. The Morgan fingerprint density at radius 1 is 1.44 bits per heavy atom. The normalized spacial score (nSPS) is 27.8. The minimum absolute atomic E-state index is 0.120. The van der Waals surface area contributed by atoms with Gasteiger partial charge in [-0.2, -0.15) is 0 Å². The van der Waals surface area contributed by atoms with Crippen molar-refractivity contribution in [3.8, 4) is 0 Å². The quantitative estimate of drug-likeness (QED) is 0.571. The lowest BCUT2D eigenvalue weighted by atomic mass is 10.1. The van der Waals surface area contributed by atoms with E-state index in [0.717, 1.165) is 6.42 Å². The fourth-order valence-corrected chi connectivity index (χ4v) is 2.35. The van der Waals surface area contributed by atoms with Crippen LogP contribution < -0.4 is 10.6 Å². The Balaban J connectivity index is 1.99. The molecule has 2 aliphatic heterocycles. The van der Waals surface area contributed by atoms with Crippen LogP contribution in [0.3, 0.4) is 0 Å². The van der Waals surface area contributed by atoms with E-state index in [2.05, 4.69) is 10.6 Å². The van der Waals surface area contributed by atoms with Crippen molar-refractivity contribution in [1.29, 1.82) is 0 Å². The van der Waals surface area contributed by atoms with Crippen LogP contribution in [0.15, 0.2) is 0 Å². The Morgan fingerprint density at radius 3 is 2.83 bits per heavy atom. The van der Waals surface area contributed by atoms with Gasteiger partial charge in [-0.25, -0.2) is 4.79 Å². The Kier molecular flexibility index (Phi) is 3.81. The maximum atomic E-state index is 12.2. The molecule has 2 rings (SSSR count). The first-order valence-electron chi connectivity index (χ1n) is 6.02. The van der Waals surface area contributed by atoms with Gasteiger partial charge in [-0.1, -0.05) is 0 Å². The van der Waals surface area contributed by atoms with Gasteiger partial charge in [0.05, 0.1) is 13.7 Å². The lowest BCUT2D eigenvalue weighted by molar-refractivity contribution is -0.152. The number of hydrogen-bond donors (Lipinski definition) is 2. The molecule has 18 heavy (non-hydrogen) atoms. The van der Waals surface area contributed by atoms with E-state index in [-0.39, 0.29) is 30.9 Å². The number of carbonyl (C=O) groups is 3. The van der Waals surface area contributed by atoms with E-state index in [4.69, 9.17) is 4.74 Å². The van der Waals surface area contributed by atoms with E-state index in [0.29, 0.717) is 13.0 Å². The number of methoxy groups -OCH3 is 1. The smallest absolute Gasteiger partial charge is 0.328 e. The summed E-state index contributed by atoms with van der Waals surface area (Å²) >= 11 is 0. The van der Waals surface area contributed by atoms with Crippen LogP contribution in [0, 0.1) is 0 Å². The number of amides is 2. The Morgan fingerprint density at radius 2 is 2.22 bits per heavy atom. The van der Waals surface area contributed by atoms with Gasteiger partial charge in [0.25, 0.3) is 0 Å². The second-order valence-corrected chi connectivity index (χ2v) is 4.45. The third-order valence-corrected chi connectivity index (χ3v) is 3.32. The molecule has 2 atom stereocenters. The van der Waals surface area contributed by atoms with Gasteiger partial charge in [-0.15, -0.1) is 0 Å². The lowest BCUT2D eigenvalue weighted by Gasteiger charge is -2.30. The molecule has 2 unspecified atom stereocenters. The van der Waals surface area contributed by atoms with Crippen LogP contribution in [0.2, 0.25) is 0 Å². The van der Waals surface area contributed by atoms with Crippen LogP contribution in [0.1, 0.15) is 12.8 Å². The summed E-state index contributed by atoms with van der Waals surface area (Å²) in [5.41, 5.74) is 0. The van der Waals surface area contributed by atoms with Crippen LogP contribution >= 0.6 is 0 Å². The number of likely N-dealkylation sites (tertiary alicyclic amines) is 1. The molecule has 2 fully saturated rings. The molecule has 0 aliphatic carbocycles. The van der Waals surface area contributed by atoms with Crippen LogP contribution in [-0.2, 0) is 19.1 Å². The molecule has 7 heteroatoms. The second kappa shape index (κ2) is 5.34. The van der Waals surface area contributed by atoms with Gasteiger partial charge in [-0.3, -0.25) is 14.9 Å². The van der Waals surface area contributed by atoms with Gasteiger partial charge < -0.3 is 15.0 Å². The van der Waals surface area contributed by atoms with Gasteiger partial charge in [0, 0.05) is 13.1 Å². The highest BCUT2D eigenvalue weighted by molar-refractivity contribution is 5.90. The van der Waals surface area contributed by atoms with E-state index < -0.39 is 12.1 Å². The molecule has 0 bridgehead atoms. The standard InChI is InChI=1S/C11H17N3O4/c1-18-11(17)8-3-2-4-14(8)10(16)7-5-13-9(15)6-12-7/h7-8,12H,2-6H2,1H3,(H,13,15). The fourth-order valence-electron chi connectivity index (χ4n) is 2.35. The van der Waals surface area contributed by atoms with Crippen molar-refractivity contribution in [2.75, 3.05) is 26.7 Å². The minimum Gasteiger partial charge on any atom is -0.467 e. The number of carbonyl (C=O) groups excluding carboxylic acids is 3. The van der Waals surface area contributed by atoms with Gasteiger partial charge in [0.2, 0.25) is 11.8 Å². The maximum absolute atomic E-state index is 12.2. The molecule has 0 spiro atoms. The summed E-state index contributed by atoms with van der Waals surface area (Å²) in [7, 11) is 1.32. The number of piperazine rings is 1. The highest BCUT2D eigenvalue weighted by atomic mass is 16.5. The second-order valence-electron chi connectivity index (χ2n) is 4.45. The van der Waals surface area contributed by atoms with Gasteiger partial charge >= 0.3 is 5.97 Å². The van der Waals surface area contributed by atoms with E-state index in [1.54, 1.807) is 4.90 Å². The predicted octanol–water partition coefficient (Wildman–Crippen LogP) is -1.76. The first kappa shape index (κ1) is 12.8. The number of nitrogens with one attached hydrogen (secondary N) is 2. The Labute approximate surface area is 105 Å². The zero-order valence-electron chi connectivity index (χ0n) is 10.3. The first-order valence-corrected chi connectivity index (χ1v) is 6.02. The van der Waals surface area contributed by atoms with E-state index >= 15 is 0 Å². The average Bonchev–Trinajstić information content (AvgIpc) is 2.87. The van der Waals surface area contributed by atoms with Gasteiger partial charge in [0.1, 0.15) is 12.1 Å². The molecule has 7 nitrogen and oxygen atoms in total. The van der Waals surface area contributed by atoms with E-state index in [9.17, 15) is 14.4 Å². The number of hydrogen-bond acceptors (Lipinski definition) is 5. The van der Waals surface area contributed by atoms with E-state index in [1.165, 1.54) is 7.11 Å². The van der Waals surface area contributed by atoms with Crippen molar-refractivity contribution in [3.05, 3.63) is 0 Å². The van der Waals surface area contributed by atoms with Gasteiger partial charge in [0.15, 0.2) is 0 Å². The molecule has 0 aromatic heterocycles. The minimum atomic E-state index is -0.484. The van der Waals surface area contributed by atoms with Crippen molar-refractivity contribution < 1.29 is 19.1 Å². The molecule has 0 aromatic rings. The average molecular weight is 255 g/mol. The van der Waals surface area contributed by atoms with Gasteiger partial charge in [-0.05, 0) is 12.8 Å². The molecule has 0 aromatic carbocycles.